The molecule has 0 unspecified atom stereocenters. The van der Waals surface area contributed by atoms with Crippen molar-refractivity contribution in [3.8, 4) is 0 Å². The van der Waals surface area contributed by atoms with E-state index in [4.69, 9.17) is 34.8 Å². The zero-order valence-corrected chi connectivity index (χ0v) is 18.3. The average molecular weight is 468 g/mol. The first-order chi connectivity index (χ1) is 14.0. The Balaban J connectivity index is 1.67. The minimum atomic E-state index is -0.216. The van der Waals surface area contributed by atoms with E-state index < -0.39 is 0 Å². The van der Waals surface area contributed by atoms with Gasteiger partial charge in [-0.15, -0.1) is 16.8 Å². The molecule has 0 aliphatic carbocycles. The predicted molar refractivity (Wildman–Crippen MR) is 120 cm³/mol. The van der Waals surface area contributed by atoms with Crippen LogP contribution in [0.2, 0.25) is 15.1 Å². The van der Waals surface area contributed by atoms with Crippen LogP contribution in [0.1, 0.15) is 11.4 Å². The normalized spacial score (nSPS) is 10.7. The molecule has 1 amide bonds. The summed E-state index contributed by atoms with van der Waals surface area (Å²) in [7, 11) is 0. The van der Waals surface area contributed by atoms with Gasteiger partial charge in [0.05, 0.1) is 21.5 Å². The number of rotatable bonds is 8. The van der Waals surface area contributed by atoms with E-state index >= 15 is 0 Å². The van der Waals surface area contributed by atoms with Gasteiger partial charge in [-0.25, -0.2) is 0 Å². The Morgan fingerprint density at radius 2 is 1.90 bits per heavy atom. The van der Waals surface area contributed by atoms with Crippen LogP contribution in [0, 0.1) is 0 Å². The fraction of sp³-hybridized carbons (Fsp3) is 0.150. The van der Waals surface area contributed by atoms with Crippen LogP contribution < -0.4 is 5.32 Å². The SMILES string of the molecule is C=CCn1c(Cc2ccc(Cl)cc2)nnc1SCC(=O)Nc1cccc(Cl)c1Cl. The average Bonchev–Trinajstić information content (AvgIpc) is 3.07. The molecule has 5 nitrogen and oxygen atoms in total. The number of aromatic nitrogens is 3. The molecule has 3 rings (SSSR count). The van der Waals surface area contributed by atoms with Gasteiger partial charge in [0.2, 0.25) is 5.91 Å². The number of anilines is 1. The van der Waals surface area contributed by atoms with Crippen LogP contribution in [0.4, 0.5) is 5.69 Å². The smallest absolute Gasteiger partial charge is 0.234 e. The number of allylic oxidation sites excluding steroid dienone is 1. The first-order valence-electron chi connectivity index (χ1n) is 8.62. The number of hydrogen-bond donors (Lipinski definition) is 1. The highest BCUT2D eigenvalue weighted by Gasteiger charge is 2.15. The Kier molecular flexibility index (Phi) is 7.61. The molecule has 1 aromatic heterocycles. The van der Waals surface area contributed by atoms with E-state index in [0.717, 1.165) is 11.4 Å². The maximum Gasteiger partial charge on any atom is 0.234 e. The third-order valence-electron chi connectivity index (χ3n) is 3.94. The maximum absolute atomic E-state index is 12.3. The second-order valence-electron chi connectivity index (χ2n) is 6.04. The zero-order valence-electron chi connectivity index (χ0n) is 15.2. The molecule has 1 N–H and O–H groups in total. The predicted octanol–water partition coefficient (Wildman–Crippen LogP) is 5.75. The van der Waals surface area contributed by atoms with Crippen LogP contribution in [0.5, 0.6) is 0 Å². The van der Waals surface area contributed by atoms with Crippen LogP contribution in [0.25, 0.3) is 0 Å². The molecule has 0 atom stereocenters. The molecule has 9 heteroatoms. The third kappa shape index (κ3) is 5.76. The van der Waals surface area contributed by atoms with E-state index in [-0.39, 0.29) is 11.7 Å². The largest absolute Gasteiger partial charge is 0.324 e. The Bertz CT molecular complexity index is 1020. The molecule has 0 aliphatic rings. The number of nitrogens with one attached hydrogen (secondary N) is 1. The van der Waals surface area contributed by atoms with Crippen molar-refractivity contribution >= 4 is 58.2 Å². The molecule has 0 aliphatic heterocycles. The van der Waals surface area contributed by atoms with Gasteiger partial charge in [-0.1, -0.05) is 70.8 Å². The van der Waals surface area contributed by atoms with Gasteiger partial charge in [0.25, 0.3) is 0 Å². The molecule has 0 fully saturated rings. The zero-order chi connectivity index (χ0) is 20.8. The molecule has 0 bridgehead atoms. The molecular weight excluding hydrogens is 451 g/mol. The highest BCUT2D eigenvalue weighted by Crippen LogP contribution is 2.29. The Labute approximate surface area is 188 Å². The Morgan fingerprint density at radius 3 is 2.62 bits per heavy atom. The second kappa shape index (κ2) is 10.2. The second-order valence-corrected chi connectivity index (χ2v) is 8.20. The molecule has 2 aromatic carbocycles. The van der Waals surface area contributed by atoms with Crippen molar-refractivity contribution in [3.63, 3.8) is 0 Å². The van der Waals surface area contributed by atoms with Gasteiger partial charge in [0.15, 0.2) is 5.16 Å². The number of carbonyl (C=O) groups excluding carboxylic acids is 1. The molecule has 0 spiro atoms. The topological polar surface area (TPSA) is 59.8 Å². The summed E-state index contributed by atoms with van der Waals surface area (Å²) >= 11 is 19.3. The highest BCUT2D eigenvalue weighted by molar-refractivity contribution is 7.99. The van der Waals surface area contributed by atoms with Crippen molar-refractivity contribution in [2.45, 2.75) is 18.1 Å². The van der Waals surface area contributed by atoms with E-state index in [2.05, 4.69) is 22.1 Å². The molecule has 1 heterocycles. The fourth-order valence-electron chi connectivity index (χ4n) is 2.57. The molecule has 0 radical (unpaired) electrons. The summed E-state index contributed by atoms with van der Waals surface area (Å²) in [6.45, 7) is 4.34. The quantitative estimate of drug-likeness (QED) is 0.339. The van der Waals surface area contributed by atoms with Crippen LogP contribution in [0.15, 0.2) is 60.3 Å². The summed E-state index contributed by atoms with van der Waals surface area (Å²) < 4.78 is 1.94. The van der Waals surface area contributed by atoms with E-state index in [1.54, 1.807) is 24.3 Å². The van der Waals surface area contributed by atoms with Crippen molar-refractivity contribution in [1.82, 2.24) is 14.8 Å². The van der Waals surface area contributed by atoms with Crippen molar-refractivity contribution < 1.29 is 4.79 Å². The Morgan fingerprint density at radius 1 is 1.14 bits per heavy atom. The van der Waals surface area contributed by atoms with Gasteiger partial charge in [-0.2, -0.15) is 0 Å². The van der Waals surface area contributed by atoms with Gasteiger partial charge in [-0.05, 0) is 29.8 Å². The van der Waals surface area contributed by atoms with Crippen molar-refractivity contribution in [2.75, 3.05) is 11.1 Å². The molecule has 29 heavy (non-hydrogen) atoms. The molecule has 0 saturated carbocycles. The Hall–Kier alpha value is -1.99. The van der Waals surface area contributed by atoms with Gasteiger partial charge in [-0.3, -0.25) is 4.79 Å². The first kappa shape index (κ1) is 21.7. The van der Waals surface area contributed by atoms with Crippen molar-refractivity contribution in [1.29, 1.82) is 0 Å². The van der Waals surface area contributed by atoms with Gasteiger partial charge < -0.3 is 9.88 Å². The third-order valence-corrected chi connectivity index (χ3v) is 5.98. The lowest BCUT2D eigenvalue weighted by Crippen LogP contribution is -2.15. The summed E-state index contributed by atoms with van der Waals surface area (Å²) in [4.78, 5) is 12.3. The van der Waals surface area contributed by atoms with Gasteiger partial charge >= 0.3 is 0 Å². The van der Waals surface area contributed by atoms with E-state index in [1.807, 2.05) is 28.8 Å². The number of thioether (sulfide) groups is 1. The number of hydrogen-bond acceptors (Lipinski definition) is 4. The van der Waals surface area contributed by atoms with Gasteiger partial charge in [0, 0.05) is 18.0 Å². The monoisotopic (exact) mass is 466 g/mol. The van der Waals surface area contributed by atoms with Gasteiger partial charge in [0.1, 0.15) is 5.82 Å². The summed E-state index contributed by atoms with van der Waals surface area (Å²) in [5, 5.41) is 13.3. The van der Waals surface area contributed by atoms with Crippen LogP contribution in [0.3, 0.4) is 0 Å². The number of carbonyl (C=O) groups is 1. The number of halogens is 3. The standard InChI is InChI=1S/C20H17Cl3N4OS/c1-2-10-27-17(11-13-6-8-14(21)9-7-13)25-26-20(27)29-12-18(28)24-16-5-3-4-15(22)19(16)23/h2-9H,1,10-12H2,(H,24,28). The fourth-order valence-corrected chi connectivity index (χ4v) is 3.81. The summed E-state index contributed by atoms with van der Waals surface area (Å²) in [6, 6.07) is 12.7. The summed E-state index contributed by atoms with van der Waals surface area (Å²) in [6.07, 6.45) is 2.37. The van der Waals surface area contributed by atoms with E-state index in [0.29, 0.717) is 38.9 Å². The number of amides is 1. The minimum Gasteiger partial charge on any atom is -0.324 e. The van der Waals surface area contributed by atoms with Crippen LogP contribution >= 0.6 is 46.6 Å². The minimum absolute atomic E-state index is 0.152. The van der Waals surface area contributed by atoms with E-state index in [1.165, 1.54) is 11.8 Å². The molecule has 0 saturated heterocycles. The van der Waals surface area contributed by atoms with Crippen molar-refractivity contribution in [2.24, 2.45) is 0 Å². The van der Waals surface area contributed by atoms with Crippen LogP contribution in [-0.2, 0) is 17.8 Å². The summed E-state index contributed by atoms with van der Waals surface area (Å²) in [5.74, 6) is 0.721. The first-order valence-corrected chi connectivity index (χ1v) is 10.7. The lowest BCUT2D eigenvalue weighted by molar-refractivity contribution is -0.113. The summed E-state index contributed by atoms with van der Waals surface area (Å²) in [5.41, 5.74) is 1.54. The van der Waals surface area contributed by atoms with E-state index in [9.17, 15) is 4.79 Å². The number of benzene rings is 2. The number of nitrogens with zero attached hydrogens (tertiary/aromatic N) is 3. The lowest BCUT2D eigenvalue weighted by atomic mass is 10.1. The molecule has 150 valence electrons. The molecular formula is C20H17Cl3N4OS. The maximum atomic E-state index is 12.3. The van der Waals surface area contributed by atoms with Crippen molar-refractivity contribution in [3.05, 3.63) is 81.6 Å². The highest BCUT2D eigenvalue weighted by atomic mass is 35.5. The van der Waals surface area contributed by atoms with Crippen LogP contribution in [-0.4, -0.2) is 26.4 Å². The molecule has 3 aromatic rings. The lowest BCUT2D eigenvalue weighted by Gasteiger charge is -2.09.